The number of fused-ring (bicyclic) bond motifs is 22. The van der Waals surface area contributed by atoms with Crippen LogP contribution in [0.25, 0.3) is 102 Å². The Balaban J connectivity index is 1.16. The summed E-state index contributed by atoms with van der Waals surface area (Å²) in [6.45, 7) is 0.0429. The molecule has 13 aromatic rings. The average Bonchev–Trinajstić information content (AvgIpc) is 3.87. The number of aromatic nitrogens is 1. The molecule has 0 fully saturated rings. The normalized spacial score (nSPS) is 13.3. The van der Waals surface area contributed by atoms with Crippen molar-refractivity contribution in [2.45, 2.75) is 0 Å². The van der Waals surface area contributed by atoms with Crippen LogP contribution in [0.3, 0.4) is 0 Å². The molecular formula is C56H31BN2S. The summed E-state index contributed by atoms with van der Waals surface area (Å²) in [7, 11) is 0. The zero-order chi connectivity index (χ0) is 38.8. The van der Waals surface area contributed by atoms with Gasteiger partial charge in [-0.05, 0) is 95.1 Å². The number of rotatable bonds is 1. The second kappa shape index (κ2) is 11.2. The van der Waals surface area contributed by atoms with Gasteiger partial charge in [-0.2, -0.15) is 0 Å². The highest BCUT2D eigenvalue weighted by Crippen LogP contribution is 2.51. The Morgan fingerprint density at radius 2 is 0.850 bits per heavy atom. The molecule has 2 aromatic heterocycles. The van der Waals surface area contributed by atoms with Crippen molar-refractivity contribution in [1.82, 2.24) is 4.57 Å². The van der Waals surface area contributed by atoms with E-state index in [0.29, 0.717) is 0 Å². The van der Waals surface area contributed by atoms with Crippen LogP contribution in [0.2, 0.25) is 0 Å². The van der Waals surface area contributed by atoms with Crippen LogP contribution >= 0.6 is 11.3 Å². The lowest BCUT2D eigenvalue weighted by Crippen LogP contribution is -2.59. The summed E-state index contributed by atoms with van der Waals surface area (Å²) in [5, 5.41) is 19.6. The third kappa shape index (κ3) is 3.73. The van der Waals surface area contributed by atoms with Gasteiger partial charge in [-0.1, -0.05) is 158 Å². The summed E-state index contributed by atoms with van der Waals surface area (Å²) in [6.07, 6.45) is 0. The smallest absolute Gasteiger partial charge is 0.264 e. The number of hydrogen-bond donors (Lipinski definition) is 0. The van der Waals surface area contributed by atoms with Gasteiger partial charge in [0.25, 0.3) is 6.71 Å². The van der Waals surface area contributed by atoms with Gasteiger partial charge in [0.05, 0.1) is 22.4 Å². The molecule has 0 aliphatic carbocycles. The Hall–Kier alpha value is -7.40. The van der Waals surface area contributed by atoms with Crippen LogP contribution < -0.4 is 20.6 Å². The number of para-hydroxylation sites is 1. The van der Waals surface area contributed by atoms with Crippen LogP contribution in [0.5, 0.6) is 0 Å². The Labute approximate surface area is 348 Å². The topological polar surface area (TPSA) is 8.17 Å². The zero-order valence-electron chi connectivity index (χ0n) is 32.3. The van der Waals surface area contributed by atoms with E-state index < -0.39 is 0 Å². The number of benzene rings is 11. The minimum Gasteiger partial charge on any atom is -0.310 e. The minimum absolute atomic E-state index is 0.0429. The molecule has 11 aromatic carbocycles. The molecule has 2 aliphatic rings. The van der Waals surface area contributed by atoms with Crippen molar-refractivity contribution in [2.75, 3.05) is 4.90 Å². The second-order valence-electron chi connectivity index (χ2n) is 16.6. The molecular weight excluding hydrogens is 744 g/mol. The van der Waals surface area contributed by atoms with Gasteiger partial charge in [0.1, 0.15) is 0 Å². The first-order chi connectivity index (χ1) is 29.8. The van der Waals surface area contributed by atoms with Crippen molar-refractivity contribution in [3.05, 3.63) is 188 Å². The van der Waals surface area contributed by atoms with Gasteiger partial charge in [-0.25, -0.2) is 0 Å². The molecule has 0 spiro atoms. The lowest BCUT2D eigenvalue weighted by molar-refractivity contribution is 1.18. The average molecular weight is 775 g/mol. The van der Waals surface area contributed by atoms with E-state index in [1.54, 1.807) is 0 Å². The Morgan fingerprint density at radius 3 is 1.53 bits per heavy atom. The molecule has 4 heterocycles. The highest BCUT2D eigenvalue weighted by atomic mass is 32.1. The molecule has 0 N–H and O–H groups in total. The Bertz CT molecular complexity index is 4050. The summed E-state index contributed by atoms with van der Waals surface area (Å²) in [5.74, 6) is 0. The maximum Gasteiger partial charge on any atom is 0.264 e. The van der Waals surface area contributed by atoms with Crippen molar-refractivity contribution in [3.8, 4) is 5.69 Å². The van der Waals surface area contributed by atoms with Crippen molar-refractivity contribution in [2.24, 2.45) is 0 Å². The molecule has 274 valence electrons. The molecule has 2 aliphatic heterocycles. The maximum atomic E-state index is 2.64. The summed E-state index contributed by atoms with van der Waals surface area (Å²) < 4.78 is 5.33. The third-order valence-electron chi connectivity index (χ3n) is 13.9. The summed E-state index contributed by atoms with van der Waals surface area (Å²) in [4.78, 5) is 2.64. The zero-order valence-corrected chi connectivity index (χ0v) is 33.1. The van der Waals surface area contributed by atoms with Gasteiger partial charge in [0.2, 0.25) is 0 Å². The first-order valence-corrected chi connectivity index (χ1v) is 21.7. The van der Waals surface area contributed by atoms with Gasteiger partial charge in [-0.15, -0.1) is 11.3 Å². The van der Waals surface area contributed by atoms with E-state index in [4.69, 9.17) is 0 Å². The van der Waals surface area contributed by atoms with Gasteiger partial charge in [0, 0.05) is 47.8 Å². The van der Waals surface area contributed by atoms with Crippen LogP contribution in [-0.4, -0.2) is 11.3 Å². The molecule has 60 heavy (non-hydrogen) atoms. The van der Waals surface area contributed by atoms with Crippen LogP contribution in [-0.2, 0) is 0 Å². The summed E-state index contributed by atoms with van der Waals surface area (Å²) in [5.41, 5.74) is 10.4. The van der Waals surface area contributed by atoms with E-state index in [2.05, 4.69) is 198 Å². The number of hydrogen-bond acceptors (Lipinski definition) is 2. The molecule has 0 radical (unpaired) electrons. The largest absolute Gasteiger partial charge is 0.310 e. The molecule has 0 amide bonds. The number of anilines is 3. The van der Waals surface area contributed by atoms with E-state index >= 15 is 0 Å². The van der Waals surface area contributed by atoms with Gasteiger partial charge < -0.3 is 9.47 Å². The first-order valence-electron chi connectivity index (χ1n) is 20.9. The van der Waals surface area contributed by atoms with Crippen LogP contribution in [0, 0.1) is 0 Å². The maximum absolute atomic E-state index is 2.64. The molecule has 0 atom stereocenters. The fourth-order valence-corrected chi connectivity index (χ4v) is 13.0. The molecule has 0 unspecified atom stereocenters. The van der Waals surface area contributed by atoms with Crippen molar-refractivity contribution < 1.29 is 0 Å². The molecule has 15 rings (SSSR count). The molecule has 2 nitrogen and oxygen atoms in total. The predicted molar refractivity (Wildman–Crippen MR) is 261 cm³/mol. The fourth-order valence-electron chi connectivity index (χ4n) is 11.7. The molecule has 4 heteroatoms. The lowest BCUT2D eigenvalue weighted by Gasteiger charge is -2.39. The monoisotopic (exact) mass is 774 g/mol. The SMILES string of the molecule is c1cc2c3c(c1)-n1c4ccccc4c4c5c6ccccc6c6ccccc6c5cc(c41)B3c1sc3ccccc3c1N2c1cccc2c3ccccc3c3ccccc3c12. The molecule has 0 saturated heterocycles. The lowest BCUT2D eigenvalue weighted by atomic mass is 9.36. The number of nitrogens with zero attached hydrogens (tertiary/aromatic N) is 2. The van der Waals surface area contributed by atoms with E-state index in [1.165, 1.54) is 135 Å². The molecule has 0 saturated carbocycles. The first kappa shape index (κ1) is 31.6. The second-order valence-corrected chi connectivity index (χ2v) is 17.7. The van der Waals surface area contributed by atoms with Gasteiger partial charge >= 0.3 is 0 Å². The fraction of sp³-hybridized carbons (Fsp3) is 0. The number of thiophene rings is 1. The minimum atomic E-state index is 0.0429. The van der Waals surface area contributed by atoms with Crippen LogP contribution in [0.1, 0.15) is 0 Å². The molecule has 0 bridgehead atoms. The van der Waals surface area contributed by atoms with Gasteiger partial charge in [-0.3, -0.25) is 0 Å². The highest BCUT2D eigenvalue weighted by Gasteiger charge is 2.44. The van der Waals surface area contributed by atoms with E-state index in [-0.39, 0.29) is 6.71 Å². The predicted octanol–water partition coefficient (Wildman–Crippen LogP) is 13.5. The van der Waals surface area contributed by atoms with E-state index in [1.807, 2.05) is 11.3 Å². The van der Waals surface area contributed by atoms with Crippen LogP contribution in [0.4, 0.5) is 17.1 Å². The van der Waals surface area contributed by atoms with Crippen molar-refractivity contribution >= 4 is 147 Å². The standard InChI is InChI=1S/C56H31BN2S/c1-3-17-35-32(15-1)34-18-5-7-21-38(34)50-39(35)25-13-27-46(50)59-48-29-14-28-47-53(48)57(56-54(59)42-24-10-12-30-49(42)60-56)44-31-43-37-20-4-2-16-33(37)36-19-6-8-22-40(36)51(43)52-41-23-9-11-26-45(41)58(47)55(44)52/h1-31H. The Kier molecular flexibility index (Phi) is 5.90. The summed E-state index contributed by atoms with van der Waals surface area (Å²) in [6, 6.07) is 70.9. The quantitative estimate of drug-likeness (QED) is 0.119. The van der Waals surface area contributed by atoms with Crippen molar-refractivity contribution in [1.29, 1.82) is 0 Å². The Morgan fingerprint density at radius 1 is 0.367 bits per heavy atom. The van der Waals surface area contributed by atoms with E-state index in [9.17, 15) is 0 Å². The van der Waals surface area contributed by atoms with E-state index in [0.717, 1.165) is 0 Å². The van der Waals surface area contributed by atoms with Crippen LogP contribution in [0.15, 0.2) is 188 Å². The highest BCUT2D eigenvalue weighted by molar-refractivity contribution is 7.33. The third-order valence-corrected chi connectivity index (χ3v) is 15.1. The summed E-state index contributed by atoms with van der Waals surface area (Å²) >= 11 is 1.97. The van der Waals surface area contributed by atoms with Crippen molar-refractivity contribution in [3.63, 3.8) is 0 Å². The van der Waals surface area contributed by atoms with Gasteiger partial charge in [0.15, 0.2) is 0 Å².